The molecular formula is C42H44Cl2N4O9S. The van der Waals surface area contributed by atoms with Crippen molar-refractivity contribution in [2.24, 2.45) is 0 Å². The van der Waals surface area contributed by atoms with Gasteiger partial charge in [-0.3, -0.25) is 9.78 Å². The molecule has 2 aromatic heterocycles. The Hall–Kier alpha value is -4.80. The van der Waals surface area contributed by atoms with Gasteiger partial charge in [-0.1, -0.05) is 71.7 Å². The van der Waals surface area contributed by atoms with Crippen LogP contribution in [-0.4, -0.2) is 84.9 Å². The molecule has 0 radical (unpaired) electrons. The van der Waals surface area contributed by atoms with Crippen molar-refractivity contribution >= 4 is 39.0 Å². The molecule has 306 valence electrons. The fourth-order valence-corrected chi connectivity index (χ4v) is 7.89. The van der Waals surface area contributed by atoms with Gasteiger partial charge in [-0.25, -0.2) is 8.42 Å². The Balaban J connectivity index is 1.30. The summed E-state index contributed by atoms with van der Waals surface area (Å²) < 4.78 is 43.3. The van der Waals surface area contributed by atoms with Crippen molar-refractivity contribution in [2.45, 2.75) is 49.5 Å². The van der Waals surface area contributed by atoms with E-state index in [1.54, 1.807) is 6.07 Å². The summed E-state index contributed by atoms with van der Waals surface area (Å²) >= 11 is 14.1. The van der Waals surface area contributed by atoms with Crippen LogP contribution >= 0.6 is 23.2 Å². The van der Waals surface area contributed by atoms with Crippen LogP contribution < -0.4 is 24.8 Å². The topological polar surface area (TPSA) is 189 Å². The van der Waals surface area contributed by atoms with Crippen LogP contribution in [0.25, 0.3) is 22.3 Å². The van der Waals surface area contributed by atoms with Gasteiger partial charge in [-0.2, -0.15) is 4.98 Å². The predicted molar refractivity (Wildman–Crippen MR) is 220 cm³/mol. The highest BCUT2D eigenvalue weighted by Gasteiger charge is 2.30. The van der Waals surface area contributed by atoms with Crippen molar-refractivity contribution in [1.82, 2.24) is 20.6 Å². The lowest BCUT2D eigenvalue weighted by molar-refractivity contribution is -0.139. The van der Waals surface area contributed by atoms with Gasteiger partial charge in [-0.05, 0) is 59.4 Å². The molecule has 1 unspecified atom stereocenters. The van der Waals surface area contributed by atoms with Crippen LogP contribution in [0.15, 0.2) is 90.1 Å². The van der Waals surface area contributed by atoms with Crippen LogP contribution in [0, 0.1) is 0 Å². The summed E-state index contributed by atoms with van der Waals surface area (Å²) in [5.41, 5.74) is 6.43. The molecule has 5 N–H and O–H groups in total. The molecule has 0 spiro atoms. The monoisotopic (exact) mass is 850 g/mol. The first-order chi connectivity index (χ1) is 27.9. The van der Waals surface area contributed by atoms with Gasteiger partial charge < -0.3 is 40.2 Å². The standard InChI is InChI=1S/C42H44Cl2N4O9S/c1-58(53,54)30-18-26(21-46-24-30)25-56-41-28(22-47-23-29(50)20-38(51)52)19-35(43)42(48-41)57-36-12-11-32-33(36)8-5-9-34(32)39-37(55-17-15-45-14-16-49)13-10-31(40(39)44)27-6-3-2-4-7-27/h2-10,13,18-19,21,24,29,36,45,47,49-50H,11-12,14-17,20,22-23,25H2,1H3,(H,51,52)/t29?,36-/m0/s1. The number of rotatable bonds is 20. The number of aliphatic hydroxyl groups is 2. The Bertz CT molecular complexity index is 2330. The van der Waals surface area contributed by atoms with Crippen LogP contribution in [0.5, 0.6) is 17.5 Å². The number of carboxylic acids is 1. The number of halogens is 2. The second kappa shape index (κ2) is 19.8. The van der Waals surface area contributed by atoms with Crippen LogP contribution in [-0.2, 0) is 34.2 Å². The van der Waals surface area contributed by atoms with Gasteiger partial charge in [0.1, 0.15) is 30.1 Å². The number of hydrogen-bond donors (Lipinski definition) is 5. The molecule has 0 saturated heterocycles. The number of aliphatic carboxylic acids is 1. The van der Waals surface area contributed by atoms with E-state index in [2.05, 4.69) is 20.6 Å². The lowest BCUT2D eigenvalue weighted by Crippen LogP contribution is -2.28. The molecule has 2 heterocycles. The Morgan fingerprint density at radius 1 is 0.966 bits per heavy atom. The van der Waals surface area contributed by atoms with Crippen molar-refractivity contribution in [3.8, 4) is 39.8 Å². The zero-order chi connectivity index (χ0) is 41.2. The molecule has 0 bridgehead atoms. The Morgan fingerprint density at radius 3 is 2.53 bits per heavy atom. The Kier molecular flexibility index (Phi) is 14.6. The van der Waals surface area contributed by atoms with Gasteiger partial charge in [0.2, 0.25) is 11.8 Å². The Labute approximate surface area is 346 Å². The van der Waals surface area contributed by atoms with Gasteiger partial charge in [-0.15, -0.1) is 0 Å². The van der Waals surface area contributed by atoms with E-state index in [0.29, 0.717) is 54.4 Å². The second-order valence-corrected chi connectivity index (χ2v) is 16.5. The maximum Gasteiger partial charge on any atom is 0.306 e. The first-order valence-corrected chi connectivity index (χ1v) is 21.3. The molecule has 2 atom stereocenters. The normalized spacial score (nSPS) is 14.2. The minimum absolute atomic E-state index is 0.0191. The molecular weight excluding hydrogens is 807 g/mol. The van der Waals surface area contributed by atoms with Crippen molar-refractivity contribution in [3.63, 3.8) is 0 Å². The maximum absolute atomic E-state index is 12.2. The number of nitrogens with one attached hydrogen (secondary N) is 2. The summed E-state index contributed by atoms with van der Waals surface area (Å²) in [6.45, 7) is 1.39. The van der Waals surface area contributed by atoms with Gasteiger partial charge in [0.25, 0.3) is 0 Å². The summed E-state index contributed by atoms with van der Waals surface area (Å²) in [5.74, 6) is -0.260. The molecule has 0 amide bonds. The van der Waals surface area contributed by atoms with E-state index in [4.69, 9.17) is 42.5 Å². The fourth-order valence-electron chi connectivity index (χ4n) is 6.69. The molecule has 1 aliphatic rings. The summed E-state index contributed by atoms with van der Waals surface area (Å²) in [5, 5.41) is 35.2. The fraction of sp³-hybridized carbons (Fsp3) is 0.310. The number of sulfone groups is 1. The first kappa shape index (κ1) is 42.8. The maximum atomic E-state index is 12.2. The number of carboxylic acid groups (broad SMARTS) is 1. The number of carbonyl (C=O) groups is 1. The molecule has 6 rings (SSSR count). The van der Waals surface area contributed by atoms with E-state index in [0.717, 1.165) is 39.6 Å². The zero-order valence-electron chi connectivity index (χ0n) is 31.7. The highest BCUT2D eigenvalue weighted by Crippen LogP contribution is 2.48. The van der Waals surface area contributed by atoms with Gasteiger partial charge in [0, 0.05) is 67.1 Å². The van der Waals surface area contributed by atoms with Gasteiger partial charge >= 0.3 is 5.97 Å². The quantitative estimate of drug-likeness (QED) is 0.0570. The summed E-state index contributed by atoms with van der Waals surface area (Å²) in [6, 6.07) is 22.8. The van der Waals surface area contributed by atoms with E-state index >= 15 is 0 Å². The zero-order valence-corrected chi connectivity index (χ0v) is 34.0. The number of benzene rings is 3. The second-order valence-electron chi connectivity index (χ2n) is 13.7. The number of nitrogens with zero attached hydrogens (tertiary/aromatic N) is 2. The minimum atomic E-state index is -3.52. The molecule has 16 heteroatoms. The van der Waals surface area contributed by atoms with E-state index in [-0.39, 0.29) is 48.0 Å². The van der Waals surface area contributed by atoms with Crippen LogP contribution in [0.2, 0.25) is 10.0 Å². The molecule has 58 heavy (non-hydrogen) atoms. The van der Waals surface area contributed by atoms with Crippen molar-refractivity contribution in [2.75, 3.05) is 39.1 Å². The molecule has 0 aliphatic heterocycles. The highest BCUT2D eigenvalue weighted by molar-refractivity contribution is 7.90. The smallest absolute Gasteiger partial charge is 0.306 e. The molecule has 5 aromatic rings. The van der Waals surface area contributed by atoms with E-state index < -0.39 is 34.4 Å². The largest absolute Gasteiger partial charge is 0.492 e. The minimum Gasteiger partial charge on any atom is -0.492 e. The lowest BCUT2D eigenvalue weighted by Gasteiger charge is -2.20. The number of fused-ring (bicyclic) bond motifs is 1. The third-order valence-electron chi connectivity index (χ3n) is 9.41. The van der Waals surface area contributed by atoms with Crippen LogP contribution in [0.4, 0.5) is 0 Å². The van der Waals surface area contributed by atoms with E-state index in [9.17, 15) is 23.4 Å². The van der Waals surface area contributed by atoms with Crippen LogP contribution in [0.3, 0.4) is 0 Å². The van der Waals surface area contributed by atoms with Crippen LogP contribution in [0.1, 0.15) is 41.2 Å². The summed E-state index contributed by atoms with van der Waals surface area (Å²) in [4.78, 5) is 19.8. The number of ether oxygens (including phenoxy) is 3. The number of hydrogen-bond acceptors (Lipinski definition) is 12. The summed E-state index contributed by atoms with van der Waals surface area (Å²) in [7, 11) is -3.52. The van der Waals surface area contributed by atoms with E-state index in [1.807, 2.05) is 60.7 Å². The predicted octanol–water partition coefficient (Wildman–Crippen LogP) is 6.05. The summed E-state index contributed by atoms with van der Waals surface area (Å²) in [6.07, 6.45) is 3.10. The highest BCUT2D eigenvalue weighted by atomic mass is 35.5. The van der Waals surface area contributed by atoms with Gasteiger partial charge in [0.05, 0.1) is 29.0 Å². The van der Waals surface area contributed by atoms with Crippen molar-refractivity contribution in [3.05, 3.63) is 117 Å². The molecule has 3 aromatic carbocycles. The Morgan fingerprint density at radius 2 is 1.78 bits per heavy atom. The number of aliphatic hydroxyl groups excluding tert-OH is 2. The average Bonchev–Trinajstić information content (AvgIpc) is 3.61. The molecule has 0 saturated carbocycles. The lowest BCUT2D eigenvalue weighted by atomic mass is 9.93. The molecule has 13 nitrogen and oxygen atoms in total. The van der Waals surface area contributed by atoms with Gasteiger partial charge in [0.15, 0.2) is 9.84 Å². The third-order valence-corrected chi connectivity index (χ3v) is 11.2. The number of pyridine rings is 2. The molecule has 0 fully saturated rings. The number of aromatic nitrogens is 2. The SMILES string of the molecule is CS(=O)(=O)c1cncc(COc2nc(O[C@H]3CCc4c(-c5c(OCCNCCO)ccc(-c6ccccc6)c5Cl)cccc43)c(Cl)cc2CNCC(O)CC(=O)O)c1. The average molecular weight is 852 g/mol. The third kappa shape index (κ3) is 10.8. The van der Waals surface area contributed by atoms with E-state index in [1.165, 1.54) is 18.5 Å². The van der Waals surface area contributed by atoms with Crippen molar-refractivity contribution in [1.29, 1.82) is 0 Å². The first-order valence-electron chi connectivity index (χ1n) is 18.6. The van der Waals surface area contributed by atoms with Crippen molar-refractivity contribution < 1.29 is 42.7 Å². The molecule has 1 aliphatic carbocycles.